The van der Waals surface area contributed by atoms with Crippen molar-refractivity contribution in [2.45, 2.75) is 0 Å². The van der Waals surface area contributed by atoms with E-state index in [4.69, 9.17) is 0 Å². The number of rotatable bonds is 3. The van der Waals surface area contributed by atoms with Gasteiger partial charge in [-0.2, -0.15) is 0 Å². The van der Waals surface area contributed by atoms with Gasteiger partial charge < -0.3 is 0 Å². The van der Waals surface area contributed by atoms with Crippen LogP contribution in [0.25, 0.3) is 87.2 Å². The first-order chi connectivity index (χ1) is 21.8. The van der Waals surface area contributed by atoms with E-state index in [1.807, 2.05) is 0 Å². The number of benzene rings is 9. The summed E-state index contributed by atoms with van der Waals surface area (Å²) in [5.74, 6) is 0. The molecule has 0 bridgehead atoms. The maximum Gasteiger partial charge on any atom is -0.00199 e. The third-order valence-corrected chi connectivity index (χ3v) is 9.22. The van der Waals surface area contributed by atoms with Crippen molar-refractivity contribution in [2.24, 2.45) is 0 Å². The zero-order valence-electron chi connectivity index (χ0n) is 24.2. The maximum absolute atomic E-state index is 2.43. The molecule has 0 aromatic heterocycles. The molecule has 0 radical (unpaired) electrons. The highest BCUT2D eigenvalue weighted by atomic mass is 14.2. The smallest absolute Gasteiger partial charge is 0.00199 e. The molecule has 0 unspecified atom stereocenters. The van der Waals surface area contributed by atoms with Gasteiger partial charge in [0.25, 0.3) is 0 Å². The van der Waals surface area contributed by atoms with Gasteiger partial charge in [-0.05, 0) is 99.4 Å². The Labute approximate surface area is 256 Å². The molecule has 0 aliphatic heterocycles. The molecule has 0 heteroatoms. The fourth-order valence-electron chi connectivity index (χ4n) is 7.29. The van der Waals surface area contributed by atoms with E-state index in [1.54, 1.807) is 0 Å². The lowest BCUT2D eigenvalue weighted by atomic mass is 9.83. The van der Waals surface area contributed by atoms with Crippen LogP contribution in [0, 0.1) is 0 Å². The average molecular weight is 557 g/mol. The first kappa shape index (κ1) is 24.8. The summed E-state index contributed by atoms with van der Waals surface area (Å²) in [5.41, 5.74) is 7.58. The molecule has 0 amide bonds. The van der Waals surface area contributed by atoms with E-state index in [0.29, 0.717) is 0 Å². The summed E-state index contributed by atoms with van der Waals surface area (Å²) in [7, 11) is 0. The van der Waals surface area contributed by atoms with Gasteiger partial charge in [0.1, 0.15) is 0 Å². The van der Waals surface area contributed by atoms with Crippen molar-refractivity contribution in [2.75, 3.05) is 0 Å². The summed E-state index contributed by atoms with van der Waals surface area (Å²) in [6, 6.07) is 62.3. The highest BCUT2D eigenvalue weighted by Gasteiger charge is 2.20. The van der Waals surface area contributed by atoms with Crippen molar-refractivity contribution in [3.8, 4) is 33.4 Å². The van der Waals surface area contributed by atoms with Gasteiger partial charge >= 0.3 is 0 Å². The van der Waals surface area contributed by atoms with Crippen LogP contribution in [0.3, 0.4) is 0 Å². The number of hydrogen-bond acceptors (Lipinski definition) is 0. The predicted molar refractivity (Wildman–Crippen MR) is 190 cm³/mol. The summed E-state index contributed by atoms with van der Waals surface area (Å²) >= 11 is 0. The minimum Gasteiger partial charge on any atom is -0.0622 e. The van der Waals surface area contributed by atoms with E-state index in [2.05, 4.69) is 170 Å². The molecular formula is C44H28. The first-order valence-electron chi connectivity index (χ1n) is 15.3. The van der Waals surface area contributed by atoms with Crippen LogP contribution in [-0.2, 0) is 0 Å². The largest absolute Gasteiger partial charge is 0.0622 e. The van der Waals surface area contributed by atoms with Crippen LogP contribution in [0.4, 0.5) is 0 Å². The van der Waals surface area contributed by atoms with Crippen molar-refractivity contribution >= 4 is 53.9 Å². The van der Waals surface area contributed by atoms with Gasteiger partial charge in [-0.3, -0.25) is 0 Å². The van der Waals surface area contributed by atoms with E-state index in [-0.39, 0.29) is 0 Å². The minimum atomic E-state index is 1.23. The molecule has 204 valence electrons. The van der Waals surface area contributed by atoms with Crippen LogP contribution < -0.4 is 0 Å². The van der Waals surface area contributed by atoms with E-state index in [9.17, 15) is 0 Å². The molecule has 0 heterocycles. The van der Waals surface area contributed by atoms with Crippen molar-refractivity contribution < 1.29 is 0 Å². The van der Waals surface area contributed by atoms with E-state index in [0.717, 1.165) is 0 Å². The van der Waals surface area contributed by atoms with Crippen molar-refractivity contribution in [3.05, 3.63) is 170 Å². The van der Waals surface area contributed by atoms with Crippen LogP contribution in [0.5, 0.6) is 0 Å². The molecule has 9 aromatic carbocycles. The second kappa shape index (κ2) is 9.93. The zero-order chi connectivity index (χ0) is 29.0. The summed E-state index contributed by atoms with van der Waals surface area (Å²) in [6.07, 6.45) is 0. The lowest BCUT2D eigenvalue weighted by Gasteiger charge is -2.20. The predicted octanol–water partition coefficient (Wildman–Crippen LogP) is 12.5. The van der Waals surface area contributed by atoms with Gasteiger partial charge in [-0.1, -0.05) is 158 Å². The third kappa shape index (κ3) is 3.78. The Bertz CT molecular complexity index is 2530. The van der Waals surface area contributed by atoms with Crippen LogP contribution >= 0.6 is 0 Å². The Morgan fingerprint density at radius 2 is 0.795 bits per heavy atom. The van der Waals surface area contributed by atoms with E-state index in [1.165, 1.54) is 87.2 Å². The Morgan fingerprint density at radius 1 is 0.227 bits per heavy atom. The zero-order valence-corrected chi connectivity index (χ0v) is 24.2. The summed E-state index contributed by atoms with van der Waals surface area (Å²) < 4.78 is 0. The first-order valence-corrected chi connectivity index (χ1v) is 15.3. The number of fused-ring (bicyclic) bond motifs is 6. The molecule has 0 saturated heterocycles. The molecule has 0 nitrogen and oxygen atoms in total. The molecule has 0 fully saturated rings. The Balaban J connectivity index is 1.47. The van der Waals surface area contributed by atoms with Crippen LogP contribution in [0.15, 0.2) is 170 Å². The van der Waals surface area contributed by atoms with E-state index >= 15 is 0 Å². The molecule has 0 N–H and O–H groups in total. The van der Waals surface area contributed by atoms with Crippen molar-refractivity contribution in [1.82, 2.24) is 0 Å². The topological polar surface area (TPSA) is 0 Å². The van der Waals surface area contributed by atoms with Gasteiger partial charge in [-0.15, -0.1) is 0 Å². The average Bonchev–Trinajstić information content (AvgIpc) is 3.10. The molecule has 0 atom stereocenters. The van der Waals surface area contributed by atoms with E-state index < -0.39 is 0 Å². The normalized spacial score (nSPS) is 11.6. The van der Waals surface area contributed by atoms with Crippen molar-refractivity contribution in [1.29, 1.82) is 0 Å². The fraction of sp³-hybridized carbons (Fsp3) is 0. The standard InChI is InChI=1S/C44H28/c1-2-14-30(15-3-1)43-38-22-10-11-23-39(38)44(41-27-31-16-5-7-19-35(31)36-20-8-9-21-37(36)41)40-26-25-32(28-42(40)43)34-24-12-17-29-13-4-6-18-33(29)34/h1-28H. The quantitative estimate of drug-likeness (QED) is 0.150. The third-order valence-electron chi connectivity index (χ3n) is 9.22. The lowest BCUT2D eigenvalue weighted by Crippen LogP contribution is -1.93. The molecule has 0 saturated carbocycles. The van der Waals surface area contributed by atoms with Gasteiger partial charge in [-0.25, -0.2) is 0 Å². The lowest BCUT2D eigenvalue weighted by molar-refractivity contribution is 1.65. The maximum atomic E-state index is 2.43. The van der Waals surface area contributed by atoms with Crippen LogP contribution in [0.2, 0.25) is 0 Å². The van der Waals surface area contributed by atoms with Gasteiger partial charge in [0, 0.05) is 0 Å². The SMILES string of the molecule is c1ccc(-c2c3ccccc3c(-c3cc4ccccc4c4ccccc34)c3ccc(-c4cccc5ccccc45)cc23)cc1. The molecule has 0 spiro atoms. The van der Waals surface area contributed by atoms with Crippen molar-refractivity contribution in [3.63, 3.8) is 0 Å². The molecule has 9 aromatic rings. The van der Waals surface area contributed by atoms with Gasteiger partial charge in [0.2, 0.25) is 0 Å². The number of hydrogen-bond donors (Lipinski definition) is 0. The summed E-state index contributed by atoms with van der Waals surface area (Å²) in [6.45, 7) is 0. The molecule has 0 aliphatic carbocycles. The molecular weight excluding hydrogens is 528 g/mol. The molecule has 44 heavy (non-hydrogen) atoms. The minimum absolute atomic E-state index is 1.23. The Kier molecular flexibility index (Phi) is 5.61. The highest BCUT2D eigenvalue weighted by Crippen LogP contribution is 2.47. The summed E-state index contributed by atoms with van der Waals surface area (Å²) in [5, 5.41) is 12.7. The van der Waals surface area contributed by atoms with Crippen LogP contribution in [0.1, 0.15) is 0 Å². The molecule has 0 aliphatic rings. The monoisotopic (exact) mass is 556 g/mol. The second-order valence-electron chi connectivity index (χ2n) is 11.6. The highest BCUT2D eigenvalue weighted by molar-refractivity contribution is 6.26. The van der Waals surface area contributed by atoms with Gasteiger partial charge in [0.15, 0.2) is 0 Å². The Morgan fingerprint density at radius 3 is 1.59 bits per heavy atom. The van der Waals surface area contributed by atoms with Gasteiger partial charge in [0.05, 0.1) is 0 Å². The second-order valence-corrected chi connectivity index (χ2v) is 11.6. The Hall–Kier alpha value is -5.72. The molecule has 9 rings (SSSR count). The van der Waals surface area contributed by atoms with Crippen LogP contribution in [-0.4, -0.2) is 0 Å². The fourth-order valence-corrected chi connectivity index (χ4v) is 7.29. The summed E-state index contributed by atoms with van der Waals surface area (Å²) in [4.78, 5) is 0.